The van der Waals surface area contributed by atoms with Crippen LogP contribution in [0.25, 0.3) is 0 Å². The number of imide groups is 1. The number of halogens is 1. The Labute approximate surface area is 136 Å². The van der Waals surface area contributed by atoms with Gasteiger partial charge in [-0.05, 0) is 36.8 Å². The van der Waals surface area contributed by atoms with E-state index >= 15 is 0 Å². The van der Waals surface area contributed by atoms with Crippen LogP contribution in [0.4, 0.5) is 11.4 Å². The molecule has 4 aliphatic rings. The minimum absolute atomic E-state index is 0.0169. The van der Waals surface area contributed by atoms with Gasteiger partial charge in [0, 0.05) is 11.1 Å². The topological polar surface area (TPSA) is 80.5 Å². The zero-order chi connectivity index (χ0) is 16.3. The molecule has 7 heteroatoms. The van der Waals surface area contributed by atoms with Gasteiger partial charge < -0.3 is 0 Å². The van der Waals surface area contributed by atoms with E-state index in [0.29, 0.717) is 0 Å². The van der Waals surface area contributed by atoms with Gasteiger partial charge in [-0.3, -0.25) is 19.7 Å². The number of fused-ring (bicyclic) bond motifs is 1. The second-order valence-corrected chi connectivity index (χ2v) is 6.68. The van der Waals surface area contributed by atoms with Crippen molar-refractivity contribution in [3.63, 3.8) is 0 Å². The Balaban J connectivity index is 1.81. The van der Waals surface area contributed by atoms with Gasteiger partial charge in [0.2, 0.25) is 11.8 Å². The third-order valence-corrected chi connectivity index (χ3v) is 5.37. The van der Waals surface area contributed by atoms with Gasteiger partial charge in [-0.15, -0.1) is 0 Å². The van der Waals surface area contributed by atoms with Crippen LogP contribution in [-0.2, 0) is 9.59 Å². The lowest BCUT2D eigenvalue weighted by molar-refractivity contribution is -0.384. The number of amides is 2. The molecule has 4 atom stereocenters. The van der Waals surface area contributed by atoms with E-state index in [2.05, 4.69) is 0 Å². The number of anilines is 1. The molecular weight excluding hydrogens is 320 g/mol. The first-order chi connectivity index (χ1) is 11.0. The van der Waals surface area contributed by atoms with Crippen molar-refractivity contribution in [1.29, 1.82) is 0 Å². The minimum Gasteiger partial charge on any atom is -0.274 e. The summed E-state index contributed by atoms with van der Waals surface area (Å²) in [7, 11) is 0. The van der Waals surface area contributed by atoms with Crippen molar-refractivity contribution in [2.75, 3.05) is 4.90 Å². The van der Waals surface area contributed by atoms with E-state index in [4.69, 9.17) is 11.6 Å². The molecule has 1 heterocycles. The van der Waals surface area contributed by atoms with Crippen LogP contribution in [0.3, 0.4) is 0 Å². The molecule has 2 fully saturated rings. The highest BCUT2D eigenvalue weighted by atomic mass is 35.5. The van der Waals surface area contributed by atoms with E-state index in [1.54, 1.807) is 0 Å². The maximum Gasteiger partial charge on any atom is 0.294 e. The minimum atomic E-state index is -0.614. The Morgan fingerprint density at radius 3 is 2.13 bits per heavy atom. The molecule has 0 spiro atoms. The Kier molecular flexibility index (Phi) is 3.06. The molecule has 0 radical (unpaired) electrons. The highest BCUT2D eigenvalue weighted by Crippen LogP contribution is 2.51. The average Bonchev–Trinajstić information content (AvgIpc) is 2.82. The Morgan fingerprint density at radius 2 is 1.65 bits per heavy atom. The lowest BCUT2D eigenvalue weighted by Gasteiger charge is -2.38. The van der Waals surface area contributed by atoms with Crippen LogP contribution >= 0.6 is 11.6 Å². The van der Waals surface area contributed by atoms with Crippen molar-refractivity contribution in [3.05, 3.63) is 45.5 Å². The molecule has 3 aliphatic carbocycles. The Hall–Kier alpha value is -2.21. The summed E-state index contributed by atoms with van der Waals surface area (Å²) in [5.41, 5.74) is -0.304. The fraction of sp³-hybridized carbons (Fsp3) is 0.375. The number of allylic oxidation sites excluding steroid dienone is 2. The third kappa shape index (κ3) is 1.94. The summed E-state index contributed by atoms with van der Waals surface area (Å²) in [6.45, 7) is 0. The molecule has 0 aromatic heterocycles. The van der Waals surface area contributed by atoms with Crippen molar-refractivity contribution in [2.24, 2.45) is 23.7 Å². The molecule has 1 saturated carbocycles. The molecule has 1 aromatic carbocycles. The van der Waals surface area contributed by atoms with Gasteiger partial charge in [0.15, 0.2) is 0 Å². The number of benzene rings is 1. The third-order valence-electron chi connectivity index (χ3n) is 5.13. The highest BCUT2D eigenvalue weighted by molar-refractivity contribution is 6.31. The summed E-state index contributed by atoms with van der Waals surface area (Å²) in [5, 5.41) is 11.5. The smallest absolute Gasteiger partial charge is 0.274 e. The second-order valence-electron chi connectivity index (χ2n) is 6.24. The molecule has 1 aromatic rings. The highest BCUT2D eigenvalue weighted by Gasteiger charge is 2.57. The number of hydrogen-bond acceptors (Lipinski definition) is 4. The number of nitro benzene ring substituents is 1. The van der Waals surface area contributed by atoms with Crippen LogP contribution in [0.2, 0.25) is 5.02 Å². The number of carbonyl (C=O) groups excluding carboxylic acids is 2. The van der Waals surface area contributed by atoms with Crippen molar-refractivity contribution in [3.8, 4) is 0 Å². The number of nitro groups is 1. The molecule has 1 aliphatic heterocycles. The van der Waals surface area contributed by atoms with Crippen molar-refractivity contribution < 1.29 is 14.5 Å². The van der Waals surface area contributed by atoms with Crippen molar-refractivity contribution in [1.82, 2.24) is 0 Å². The molecule has 2 bridgehead atoms. The SMILES string of the molecule is O=C1[C@@H]2[C@@H](C(=O)N1c1ccc(Cl)cc1[N+](=O)[O-])[C@@H]1C=C[C@@H]2CC1. The largest absolute Gasteiger partial charge is 0.294 e. The van der Waals surface area contributed by atoms with E-state index in [-0.39, 0.29) is 51.9 Å². The van der Waals surface area contributed by atoms with E-state index < -0.39 is 4.92 Å². The summed E-state index contributed by atoms with van der Waals surface area (Å²) in [5.74, 6) is -1.33. The monoisotopic (exact) mass is 332 g/mol. The van der Waals surface area contributed by atoms with Gasteiger partial charge in [0.1, 0.15) is 5.69 Å². The maximum absolute atomic E-state index is 12.8. The summed E-state index contributed by atoms with van der Waals surface area (Å²) in [4.78, 5) is 37.3. The quantitative estimate of drug-likeness (QED) is 0.361. The van der Waals surface area contributed by atoms with Crippen LogP contribution in [0.5, 0.6) is 0 Å². The second kappa shape index (κ2) is 4.89. The fourth-order valence-corrected chi connectivity index (χ4v) is 4.31. The van der Waals surface area contributed by atoms with E-state index in [1.807, 2.05) is 12.2 Å². The van der Waals surface area contributed by atoms with Gasteiger partial charge in [-0.25, -0.2) is 4.90 Å². The summed E-state index contributed by atoms with van der Waals surface area (Å²) < 4.78 is 0. The summed E-state index contributed by atoms with van der Waals surface area (Å²) >= 11 is 5.82. The standard InChI is InChI=1S/C16H13ClN2O4/c17-10-5-6-11(12(7-10)19(22)23)18-15(20)13-8-1-2-9(4-3-8)14(13)16(18)21/h1-2,5-9,13-14H,3-4H2/t8-,9-,13+,14+/m1/s1. The molecule has 0 N–H and O–H groups in total. The fourth-order valence-electron chi connectivity index (χ4n) is 4.14. The first kappa shape index (κ1) is 14.4. The van der Waals surface area contributed by atoms with Gasteiger partial charge in [-0.1, -0.05) is 23.8 Å². The predicted octanol–water partition coefficient (Wildman–Crippen LogP) is 2.95. The molecule has 2 amide bonds. The molecular formula is C16H13ClN2O4. The van der Waals surface area contributed by atoms with Crippen LogP contribution in [0.15, 0.2) is 30.4 Å². The first-order valence-corrected chi connectivity index (χ1v) is 7.87. The number of rotatable bonds is 2. The summed E-state index contributed by atoms with van der Waals surface area (Å²) in [6.07, 6.45) is 5.80. The van der Waals surface area contributed by atoms with Crippen LogP contribution in [0.1, 0.15) is 12.8 Å². The molecule has 0 unspecified atom stereocenters. The number of nitrogens with zero attached hydrogens (tertiary/aromatic N) is 2. The van der Waals surface area contributed by atoms with Gasteiger partial charge >= 0.3 is 0 Å². The summed E-state index contributed by atoms with van der Waals surface area (Å²) in [6, 6.07) is 4.01. The van der Waals surface area contributed by atoms with Crippen LogP contribution in [0, 0.1) is 33.8 Å². The molecule has 1 saturated heterocycles. The molecule has 6 nitrogen and oxygen atoms in total. The number of hydrogen-bond donors (Lipinski definition) is 0. The van der Waals surface area contributed by atoms with Crippen LogP contribution in [-0.4, -0.2) is 16.7 Å². The van der Waals surface area contributed by atoms with Gasteiger partial charge in [0.25, 0.3) is 5.69 Å². The van der Waals surface area contributed by atoms with E-state index in [0.717, 1.165) is 17.7 Å². The van der Waals surface area contributed by atoms with Gasteiger partial charge in [-0.2, -0.15) is 0 Å². The zero-order valence-electron chi connectivity index (χ0n) is 12.0. The molecule has 5 rings (SSSR count). The van der Waals surface area contributed by atoms with Crippen molar-refractivity contribution in [2.45, 2.75) is 12.8 Å². The average molecular weight is 333 g/mol. The number of carbonyl (C=O) groups is 2. The first-order valence-electron chi connectivity index (χ1n) is 7.49. The lowest BCUT2D eigenvalue weighted by atomic mass is 9.63. The maximum atomic E-state index is 12.8. The van der Waals surface area contributed by atoms with E-state index in [1.165, 1.54) is 18.2 Å². The zero-order valence-corrected chi connectivity index (χ0v) is 12.8. The molecule has 118 valence electrons. The van der Waals surface area contributed by atoms with Crippen LogP contribution < -0.4 is 4.90 Å². The van der Waals surface area contributed by atoms with Gasteiger partial charge in [0.05, 0.1) is 16.8 Å². The molecule has 23 heavy (non-hydrogen) atoms. The Morgan fingerprint density at radius 1 is 1.09 bits per heavy atom. The van der Waals surface area contributed by atoms with E-state index in [9.17, 15) is 19.7 Å². The Bertz CT molecular complexity index is 743. The van der Waals surface area contributed by atoms with Crippen molar-refractivity contribution >= 4 is 34.8 Å². The predicted molar refractivity (Wildman–Crippen MR) is 82.9 cm³/mol. The normalized spacial score (nSPS) is 31.6. The lowest BCUT2D eigenvalue weighted by Crippen LogP contribution is -2.38.